The van der Waals surface area contributed by atoms with Crippen molar-refractivity contribution in [3.63, 3.8) is 0 Å². The number of hydrogen-bond donors (Lipinski definition) is 1. The summed E-state index contributed by atoms with van der Waals surface area (Å²) in [5.74, 6) is 0.804. The predicted octanol–water partition coefficient (Wildman–Crippen LogP) is 0.887. The number of likely N-dealkylation sites (tertiary alicyclic amines) is 1. The lowest BCUT2D eigenvalue weighted by Crippen LogP contribution is -2.46. The Morgan fingerprint density at radius 2 is 2.32 bits per heavy atom. The minimum Gasteiger partial charge on any atom is -0.361 e. The average molecular weight is 287 g/mol. The van der Waals surface area contributed by atoms with Gasteiger partial charge in [-0.05, 0) is 26.3 Å². The summed E-state index contributed by atoms with van der Waals surface area (Å²) in [5.41, 5.74) is 0.906. The van der Waals surface area contributed by atoms with E-state index in [0.717, 1.165) is 37.3 Å². The Morgan fingerprint density at radius 3 is 2.95 bits per heavy atom. The molecular weight excluding hydrogens is 266 g/mol. The van der Waals surface area contributed by atoms with Crippen LogP contribution in [-0.2, 0) is 16.6 Å². The second kappa shape index (κ2) is 6.02. The molecule has 19 heavy (non-hydrogen) atoms. The van der Waals surface area contributed by atoms with Crippen LogP contribution >= 0.6 is 0 Å². The summed E-state index contributed by atoms with van der Waals surface area (Å²) in [6, 6.07) is 2.16. The quantitative estimate of drug-likeness (QED) is 0.870. The number of aryl methyl sites for hydroxylation is 1. The molecule has 1 saturated heterocycles. The van der Waals surface area contributed by atoms with E-state index >= 15 is 0 Å². The third-order valence-electron chi connectivity index (χ3n) is 3.37. The van der Waals surface area contributed by atoms with E-state index in [9.17, 15) is 8.42 Å². The zero-order chi connectivity index (χ0) is 13.9. The van der Waals surface area contributed by atoms with Gasteiger partial charge in [0.05, 0.1) is 11.9 Å². The Balaban J connectivity index is 1.95. The molecule has 0 bridgehead atoms. The summed E-state index contributed by atoms with van der Waals surface area (Å²) in [5, 5.41) is 4.00. The van der Waals surface area contributed by atoms with Crippen molar-refractivity contribution in [2.45, 2.75) is 38.8 Å². The number of nitrogens with zero attached hydrogens (tertiary/aromatic N) is 2. The molecule has 1 atom stereocenters. The van der Waals surface area contributed by atoms with Crippen molar-refractivity contribution in [3.05, 3.63) is 17.5 Å². The number of sulfonamides is 1. The van der Waals surface area contributed by atoms with Gasteiger partial charge in [0.15, 0.2) is 0 Å². The third kappa shape index (κ3) is 4.59. The molecule has 1 aliphatic heterocycles. The maximum Gasteiger partial charge on any atom is 0.208 e. The van der Waals surface area contributed by atoms with Gasteiger partial charge in [-0.1, -0.05) is 11.6 Å². The van der Waals surface area contributed by atoms with E-state index in [1.54, 1.807) is 0 Å². The van der Waals surface area contributed by atoms with Gasteiger partial charge in [0.1, 0.15) is 5.76 Å². The average Bonchev–Trinajstić information content (AvgIpc) is 2.73. The van der Waals surface area contributed by atoms with E-state index in [1.807, 2.05) is 13.0 Å². The van der Waals surface area contributed by atoms with Gasteiger partial charge < -0.3 is 4.52 Å². The van der Waals surface area contributed by atoms with Crippen LogP contribution in [0.2, 0.25) is 0 Å². The van der Waals surface area contributed by atoms with Crippen molar-refractivity contribution >= 4 is 10.0 Å². The maximum absolute atomic E-state index is 11.2. The molecule has 2 rings (SSSR count). The van der Waals surface area contributed by atoms with Gasteiger partial charge in [-0.25, -0.2) is 13.1 Å². The van der Waals surface area contributed by atoms with Crippen LogP contribution in [0, 0.1) is 6.92 Å². The molecule has 1 fully saturated rings. The minimum absolute atomic E-state index is 0.237. The molecule has 7 heteroatoms. The number of piperidine rings is 1. The highest BCUT2D eigenvalue weighted by molar-refractivity contribution is 7.88. The standard InChI is InChI=1S/C12H21N3O3S/c1-10-7-11(14-18-10)9-15-6-4-3-5-12(15)8-13-19(2,16)17/h7,12-13H,3-6,8-9H2,1-2H3/t12-/m1/s1. The molecule has 1 aliphatic rings. The Labute approximate surface area is 114 Å². The van der Waals surface area contributed by atoms with Gasteiger partial charge in [-0.2, -0.15) is 0 Å². The van der Waals surface area contributed by atoms with Crippen molar-refractivity contribution in [2.24, 2.45) is 0 Å². The molecule has 0 saturated carbocycles. The molecule has 1 N–H and O–H groups in total. The number of hydrogen-bond acceptors (Lipinski definition) is 5. The predicted molar refractivity (Wildman–Crippen MR) is 72.1 cm³/mol. The second-order valence-electron chi connectivity index (χ2n) is 5.17. The van der Waals surface area contributed by atoms with Gasteiger partial charge in [0, 0.05) is 25.2 Å². The monoisotopic (exact) mass is 287 g/mol. The van der Waals surface area contributed by atoms with Gasteiger partial charge in [-0.3, -0.25) is 4.90 Å². The second-order valence-corrected chi connectivity index (χ2v) is 7.00. The molecule has 0 aliphatic carbocycles. The van der Waals surface area contributed by atoms with Crippen LogP contribution in [0.5, 0.6) is 0 Å². The van der Waals surface area contributed by atoms with Crippen molar-refractivity contribution < 1.29 is 12.9 Å². The van der Waals surface area contributed by atoms with Crippen molar-refractivity contribution in [2.75, 3.05) is 19.3 Å². The van der Waals surface area contributed by atoms with Gasteiger partial charge in [0.2, 0.25) is 10.0 Å². The first-order chi connectivity index (χ1) is 8.94. The summed E-state index contributed by atoms with van der Waals surface area (Å²) in [7, 11) is -3.13. The first kappa shape index (κ1) is 14.5. The van der Waals surface area contributed by atoms with Crippen molar-refractivity contribution in [3.8, 4) is 0 Å². The SMILES string of the molecule is Cc1cc(CN2CCCC[C@@H]2CNS(C)(=O)=O)no1. The van der Waals surface area contributed by atoms with E-state index in [0.29, 0.717) is 13.1 Å². The van der Waals surface area contributed by atoms with Crippen LogP contribution in [-0.4, -0.2) is 43.9 Å². The molecule has 6 nitrogen and oxygen atoms in total. The molecule has 0 unspecified atom stereocenters. The molecule has 0 spiro atoms. The first-order valence-corrected chi connectivity index (χ1v) is 8.44. The molecule has 108 valence electrons. The highest BCUT2D eigenvalue weighted by Crippen LogP contribution is 2.19. The molecule has 0 amide bonds. The van der Waals surface area contributed by atoms with Gasteiger partial charge in [-0.15, -0.1) is 0 Å². The lowest BCUT2D eigenvalue weighted by molar-refractivity contribution is 0.138. The minimum atomic E-state index is -3.13. The molecule has 2 heterocycles. The van der Waals surface area contributed by atoms with Crippen LogP contribution in [0.15, 0.2) is 10.6 Å². The number of aromatic nitrogens is 1. The lowest BCUT2D eigenvalue weighted by atomic mass is 10.0. The summed E-state index contributed by atoms with van der Waals surface area (Å²) in [6.07, 6.45) is 4.50. The van der Waals surface area contributed by atoms with E-state index in [2.05, 4.69) is 14.8 Å². The van der Waals surface area contributed by atoms with Gasteiger partial charge >= 0.3 is 0 Å². The molecular formula is C12H21N3O3S. The van der Waals surface area contributed by atoms with Crippen LogP contribution in [0.1, 0.15) is 30.7 Å². The molecule has 1 aromatic heterocycles. The van der Waals surface area contributed by atoms with Crippen molar-refractivity contribution in [1.82, 2.24) is 14.8 Å². The highest BCUT2D eigenvalue weighted by Gasteiger charge is 2.24. The van der Waals surface area contributed by atoms with Crippen LogP contribution in [0.25, 0.3) is 0 Å². The van der Waals surface area contributed by atoms with Gasteiger partial charge in [0.25, 0.3) is 0 Å². The Kier molecular flexibility index (Phi) is 4.59. The Morgan fingerprint density at radius 1 is 1.53 bits per heavy atom. The molecule has 1 aromatic rings. The van der Waals surface area contributed by atoms with Crippen LogP contribution in [0.3, 0.4) is 0 Å². The zero-order valence-electron chi connectivity index (χ0n) is 11.4. The van der Waals surface area contributed by atoms with Crippen LogP contribution in [0.4, 0.5) is 0 Å². The van der Waals surface area contributed by atoms with Crippen LogP contribution < -0.4 is 4.72 Å². The fourth-order valence-electron chi connectivity index (χ4n) is 2.45. The van der Waals surface area contributed by atoms with Crippen molar-refractivity contribution in [1.29, 1.82) is 0 Å². The molecule has 0 radical (unpaired) electrons. The summed E-state index contributed by atoms with van der Waals surface area (Å²) >= 11 is 0. The topological polar surface area (TPSA) is 75.4 Å². The van der Waals surface area contributed by atoms with E-state index in [4.69, 9.17) is 4.52 Å². The smallest absolute Gasteiger partial charge is 0.208 e. The zero-order valence-corrected chi connectivity index (χ0v) is 12.2. The van der Waals surface area contributed by atoms with E-state index in [-0.39, 0.29) is 6.04 Å². The van der Waals surface area contributed by atoms with E-state index < -0.39 is 10.0 Å². The largest absolute Gasteiger partial charge is 0.361 e. The highest BCUT2D eigenvalue weighted by atomic mass is 32.2. The lowest BCUT2D eigenvalue weighted by Gasteiger charge is -2.35. The number of nitrogens with one attached hydrogen (secondary N) is 1. The summed E-state index contributed by atoms with van der Waals surface area (Å²) in [4.78, 5) is 2.28. The molecule has 0 aromatic carbocycles. The maximum atomic E-state index is 11.2. The summed E-state index contributed by atoms with van der Waals surface area (Å²) in [6.45, 7) is 4.03. The number of rotatable bonds is 5. The van der Waals surface area contributed by atoms with E-state index in [1.165, 1.54) is 6.26 Å². The Bertz CT molecular complexity index is 512. The summed E-state index contributed by atoms with van der Waals surface area (Å²) < 4.78 is 30.0. The fraction of sp³-hybridized carbons (Fsp3) is 0.750. The normalized spacial score (nSPS) is 21.7. The fourth-order valence-corrected chi connectivity index (χ4v) is 2.94. The Hall–Kier alpha value is -0.920. The third-order valence-corrected chi connectivity index (χ3v) is 4.06. The first-order valence-electron chi connectivity index (χ1n) is 6.55.